The fraction of sp³-hybridized carbons (Fsp3) is 0.400. The Kier molecular flexibility index (Phi) is 2.90. The fourth-order valence-electron chi connectivity index (χ4n) is 3.19. The van der Waals surface area contributed by atoms with Gasteiger partial charge in [0, 0.05) is 17.8 Å². The monoisotopic (exact) mass is 260 g/mol. The Morgan fingerprint density at radius 1 is 1.47 bits per heavy atom. The maximum absolute atomic E-state index is 13.4. The Balaban J connectivity index is 2.00. The molecule has 0 saturated carbocycles. The Morgan fingerprint density at radius 2 is 2.32 bits per heavy atom. The maximum atomic E-state index is 13.4. The van der Waals surface area contributed by atoms with Gasteiger partial charge in [-0.15, -0.1) is 0 Å². The van der Waals surface area contributed by atoms with Gasteiger partial charge >= 0.3 is 0 Å². The van der Waals surface area contributed by atoms with Gasteiger partial charge in [0.2, 0.25) is 0 Å². The summed E-state index contributed by atoms with van der Waals surface area (Å²) in [5.41, 5.74) is 0.347. The number of nitrogens with one attached hydrogen (secondary N) is 1. The van der Waals surface area contributed by atoms with Crippen LogP contribution in [-0.2, 0) is 4.79 Å². The van der Waals surface area contributed by atoms with Crippen LogP contribution in [0.15, 0.2) is 36.4 Å². The number of carbonyl (C=O) groups is 1. The van der Waals surface area contributed by atoms with Crippen molar-refractivity contribution in [2.24, 2.45) is 0 Å². The van der Waals surface area contributed by atoms with Crippen LogP contribution in [0, 0.1) is 5.82 Å². The van der Waals surface area contributed by atoms with Gasteiger partial charge in [0.1, 0.15) is 5.82 Å². The molecule has 3 nitrogen and oxygen atoms in total. The normalized spacial score (nSPS) is 30.3. The molecule has 4 heteroatoms. The second kappa shape index (κ2) is 4.46. The van der Waals surface area contributed by atoms with E-state index in [2.05, 4.69) is 12.2 Å². The zero-order valence-corrected chi connectivity index (χ0v) is 10.9. The van der Waals surface area contributed by atoms with Gasteiger partial charge in [0.05, 0.1) is 5.54 Å². The number of hydrogen-bond acceptors (Lipinski definition) is 2. The van der Waals surface area contributed by atoms with Crippen molar-refractivity contribution in [1.82, 2.24) is 5.32 Å². The van der Waals surface area contributed by atoms with Crippen molar-refractivity contribution in [3.05, 3.63) is 42.2 Å². The second-order valence-corrected chi connectivity index (χ2v) is 5.40. The number of hydrogen-bond donors (Lipinski definition) is 1. The van der Waals surface area contributed by atoms with Crippen molar-refractivity contribution in [1.29, 1.82) is 0 Å². The highest BCUT2D eigenvalue weighted by molar-refractivity contribution is 6.06. The molecular formula is C15H17FN2O. The van der Waals surface area contributed by atoms with Gasteiger partial charge < -0.3 is 5.32 Å². The molecular weight excluding hydrogens is 243 g/mol. The summed E-state index contributed by atoms with van der Waals surface area (Å²) < 4.78 is 13.4. The van der Waals surface area contributed by atoms with Crippen LogP contribution in [0.2, 0.25) is 0 Å². The van der Waals surface area contributed by atoms with E-state index in [4.69, 9.17) is 0 Å². The third-order valence-electron chi connectivity index (χ3n) is 3.98. The van der Waals surface area contributed by atoms with Crippen molar-refractivity contribution in [2.75, 3.05) is 11.4 Å². The number of halogens is 1. The van der Waals surface area contributed by atoms with Crippen molar-refractivity contribution in [2.45, 2.75) is 31.3 Å². The number of piperidine rings is 1. The molecule has 2 atom stereocenters. The average Bonchev–Trinajstić information content (AvgIpc) is 2.66. The first-order chi connectivity index (χ1) is 9.11. The molecule has 3 rings (SSSR count). The number of amides is 1. The average molecular weight is 260 g/mol. The van der Waals surface area contributed by atoms with E-state index in [-0.39, 0.29) is 17.3 Å². The van der Waals surface area contributed by atoms with Gasteiger partial charge in [-0.2, -0.15) is 0 Å². The largest absolute Gasteiger partial charge is 0.314 e. The molecule has 2 aliphatic heterocycles. The molecule has 100 valence electrons. The van der Waals surface area contributed by atoms with Crippen LogP contribution in [0.25, 0.3) is 0 Å². The summed E-state index contributed by atoms with van der Waals surface area (Å²) in [4.78, 5) is 13.9. The van der Waals surface area contributed by atoms with Crippen LogP contribution in [0.4, 0.5) is 10.1 Å². The van der Waals surface area contributed by atoms with Crippen molar-refractivity contribution < 1.29 is 9.18 Å². The minimum atomic E-state index is -0.311. The minimum absolute atomic E-state index is 0.0558. The summed E-state index contributed by atoms with van der Waals surface area (Å²) in [7, 11) is 0. The number of nitrogens with zero attached hydrogens (tertiary/aromatic N) is 1. The predicted octanol–water partition coefficient (Wildman–Crippen LogP) is 2.24. The van der Waals surface area contributed by atoms with Crippen LogP contribution in [0.3, 0.4) is 0 Å². The molecule has 1 aromatic carbocycles. The van der Waals surface area contributed by atoms with Crippen molar-refractivity contribution in [3.8, 4) is 0 Å². The molecule has 0 aliphatic carbocycles. The quantitative estimate of drug-likeness (QED) is 0.840. The van der Waals surface area contributed by atoms with Crippen LogP contribution in [-0.4, -0.2) is 24.0 Å². The number of carbonyl (C=O) groups excluding carboxylic acids is 1. The lowest BCUT2D eigenvalue weighted by Crippen LogP contribution is -2.55. The zero-order valence-electron chi connectivity index (χ0n) is 10.9. The lowest BCUT2D eigenvalue weighted by molar-refractivity contribution is -0.114. The first-order valence-electron chi connectivity index (χ1n) is 6.63. The number of rotatable bonds is 1. The van der Waals surface area contributed by atoms with Crippen molar-refractivity contribution in [3.63, 3.8) is 0 Å². The summed E-state index contributed by atoms with van der Waals surface area (Å²) in [6.45, 7) is 2.98. The molecule has 0 bridgehead atoms. The fourth-order valence-corrected chi connectivity index (χ4v) is 3.19. The van der Waals surface area contributed by atoms with Crippen molar-refractivity contribution >= 4 is 11.6 Å². The molecule has 1 saturated heterocycles. The molecule has 0 aromatic heterocycles. The molecule has 2 heterocycles. The summed E-state index contributed by atoms with van der Waals surface area (Å²) in [6.07, 6.45) is 5.31. The number of anilines is 1. The van der Waals surface area contributed by atoms with Gasteiger partial charge in [0.15, 0.2) is 0 Å². The van der Waals surface area contributed by atoms with Gasteiger partial charge in [-0.1, -0.05) is 12.1 Å². The first-order valence-corrected chi connectivity index (χ1v) is 6.63. The molecule has 1 fully saturated rings. The predicted molar refractivity (Wildman–Crippen MR) is 72.5 cm³/mol. The third-order valence-corrected chi connectivity index (χ3v) is 3.98. The highest BCUT2D eigenvalue weighted by Crippen LogP contribution is 2.38. The zero-order chi connectivity index (χ0) is 13.5. The van der Waals surface area contributed by atoms with Crippen LogP contribution in [0.1, 0.15) is 19.8 Å². The van der Waals surface area contributed by atoms with E-state index >= 15 is 0 Å². The van der Waals surface area contributed by atoms with E-state index in [0.717, 1.165) is 19.4 Å². The Labute approximate surface area is 112 Å². The molecule has 2 aliphatic rings. The Bertz CT molecular complexity index is 543. The van der Waals surface area contributed by atoms with Crippen LogP contribution >= 0.6 is 0 Å². The van der Waals surface area contributed by atoms with E-state index in [1.165, 1.54) is 12.1 Å². The Hall–Kier alpha value is -1.68. The standard InChI is InChI=1S/C15H17FN2O/c1-11-10-15(7-8-17-11)6-5-14(19)18(15)13-4-2-3-12(16)9-13/h2-6,9,11,17H,7-8,10H2,1H3/t11-,15+/m1/s1. The molecule has 1 spiro atoms. The van der Waals surface area contributed by atoms with E-state index in [0.29, 0.717) is 11.7 Å². The topological polar surface area (TPSA) is 32.3 Å². The van der Waals surface area contributed by atoms with Gasteiger partial charge in [-0.25, -0.2) is 4.39 Å². The Morgan fingerprint density at radius 3 is 3.05 bits per heavy atom. The highest BCUT2D eigenvalue weighted by Gasteiger charge is 2.44. The SMILES string of the molecule is C[C@@H]1C[C@]2(C=CC(=O)N2c2cccc(F)c2)CCN1. The van der Waals surface area contributed by atoms with E-state index in [1.807, 2.05) is 6.08 Å². The molecule has 1 amide bonds. The smallest absolute Gasteiger partial charge is 0.251 e. The maximum Gasteiger partial charge on any atom is 0.251 e. The molecule has 0 unspecified atom stereocenters. The lowest BCUT2D eigenvalue weighted by atomic mass is 9.84. The first kappa shape index (κ1) is 12.4. The van der Waals surface area contributed by atoms with E-state index < -0.39 is 0 Å². The second-order valence-electron chi connectivity index (χ2n) is 5.40. The van der Waals surface area contributed by atoms with Gasteiger partial charge in [0.25, 0.3) is 5.91 Å². The lowest BCUT2D eigenvalue weighted by Gasteiger charge is -2.43. The summed E-state index contributed by atoms with van der Waals surface area (Å²) in [5, 5.41) is 3.39. The van der Waals surface area contributed by atoms with Crippen LogP contribution in [0.5, 0.6) is 0 Å². The third kappa shape index (κ3) is 2.06. The van der Waals surface area contributed by atoms with Crippen LogP contribution < -0.4 is 10.2 Å². The molecule has 1 aromatic rings. The number of benzene rings is 1. The molecule has 0 radical (unpaired) electrons. The van der Waals surface area contributed by atoms with Gasteiger partial charge in [-0.3, -0.25) is 9.69 Å². The minimum Gasteiger partial charge on any atom is -0.314 e. The molecule has 19 heavy (non-hydrogen) atoms. The summed E-state index contributed by atoms with van der Waals surface area (Å²) in [6, 6.07) is 6.62. The van der Waals surface area contributed by atoms with E-state index in [1.54, 1.807) is 23.1 Å². The van der Waals surface area contributed by atoms with E-state index in [9.17, 15) is 9.18 Å². The highest BCUT2D eigenvalue weighted by atomic mass is 19.1. The summed E-state index contributed by atoms with van der Waals surface area (Å²) >= 11 is 0. The van der Waals surface area contributed by atoms with Gasteiger partial charge in [-0.05, 0) is 44.5 Å². The molecule has 1 N–H and O–H groups in total. The summed E-state index contributed by atoms with van der Waals surface area (Å²) in [5.74, 6) is -0.367.